The zero-order valence-corrected chi connectivity index (χ0v) is 13.2. The second-order valence-corrected chi connectivity index (χ2v) is 5.77. The van der Waals surface area contributed by atoms with Crippen LogP contribution in [0.25, 0.3) is 11.2 Å². The Morgan fingerprint density at radius 1 is 1.21 bits per heavy atom. The molecule has 4 rings (SSSR count). The molecule has 1 aromatic carbocycles. The van der Waals surface area contributed by atoms with Crippen molar-refractivity contribution in [1.82, 2.24) is 19.9 Å². The van der Waals surface area contributed by atoms with Crippen LogP contribution in [0.4, 0.5) is 5.82 Å². The maximum Gasteiger partial charge on any atom is 0.182 e. The van der Waals surface area contributed by atoms with Crippen molar-refractivity contribution in [2.24, 2.45) is 0 Å². The molecule has 0 aliphatic carbocycles. The van der Waals surface area contributed by atoms with E-state index in [9.17, 15) is 0 Å². The van der Waals surface area contributed by atoms with Crippen LogP contribution in [0.1, 0.15) is 18.4 Å². The van der Waals surface area contributed by atoms with Crippen molar-refractivity contribution in [2.75, 3.05) is 18.5 Å². The van der Waals surface area contributed by atoms with Crippen molar-refractivity contribution in [3.05, 3.63) is 42.5 Å². The standard InChI is InChI=1S/C17H19N5O2/c1-2-14(23-7-1)9-24-13-5-3-12(4-6-13)8-18-16-15-17(20-10-19-15)22-11-21-16/h3-6,10-11,14H,1-2,7-9H2,(H2,18,19,20,21,22)/t14-/m1/s1. The maximum absolute atomic E-state index is 5.78. The minimum atomic E-state index is 0.237. The fourth-order valence-electron chi connectivity index (χ4n) is 2.75. The van der Waals surface area contributed by atoms with E-state index in [1.807, 2.05) is 24.3 Å². The number of aromatic nitrogens is 4. The minimum Gasteiger partial charge on any atom is -0.491 e. The predicted octanol–water partition coefficient (Wildman–Crippen LogP) is 2.52. The lowest BCUT2D eigenvalue weighted by atomic mass is 10.2. The van der Waals surface area contributed by atoms with Gasteiger partial charge in [0.2, 0.25) is 0 Å². The van der Waals surface area contributed by atoms with Crippen molar-refractivity contribution in [1.29, 1.82) is 0 Å². The van der Waals surface area contributed by atoms with Gasteiger partial charge in [-0.05, 0) is 30.5 Å². The lowest BCUT2D eigenvalue weighted by molar-refractivity contribution is 0.0679. The summed E-state index contributed by atoms with van der Waals surface area (Å²) in [5.74, 6) is 1.61. The first kappa shape index (κ1) is 14.9. The predicted molar refractivity (Wildman–Crippen MR) is 89.9 cm³/mol. The number of nitrogens with zero attached hydrogens (tertiary/aromatic N) is 3. The summed E-state index contributed by atoms with van der Waals surface area (Å²) < 4.78 is 11.3. The number of rotatable bonds is 6. The fraction of sp³-hybridized carbons (Fsp3) is 0.353. The summed E-state index contributed by atoms with van der Waals surface area (Å²) in [5.41, 5.74) is 2.62. The third-order valence-electron chi connectivity index (χ3n) is 4.07. The van der Waals surface area contributed by atoms with Crippen LogP contribution in [-0.4, -0.2) is 39.3 Å². The fourth-order valence-corrected chi connectivity index (χ4v) is 2.75. The molecule has 0 amide bonds. The summed E-state index contributed by atoms with van der Waals surface area (Å²) >= 11 is 0. The van der Waals surface area contributed by atoms with Gasteiger partial charge in [-0.25, -0.2) is 15.0 Å². The average molecular weight is 325 g/mol. The number of aromatic amines is 1. The van der Waals surface area contributed by atoms with Gasteiger partial charge < -0.3 is 19.8 Å². The second-order valence-electron chi connectivity index (χ2n) is 5.77. The molecule has 2 N–H and O–H groups in total. The zero-order chi connectivity index (χ0) is 16.2. The van der Waals surface area contributed by atoms with Gasteiger partial charge in [-0.1, -0.05) is 12.1 Å². The maximum atomic E-state index is 5.78. The third-order valence-corrected chi connectivity index (χ3v) is 4.07. The second kappa shape index (κ2) is 6.84. The first-order valence-electron chi connectivity index (χ1n) is 8.10. The molecule has 24 heavy (non-hydrogen) atoms. The van der Waals surface area contributed by atoms with Gasteiger partial charge >= 0.3 is 0 Å². The monoisotopic (exact) mass is 325 g/mol. The molecule has 1 saturated heterocycles. The molecule has 0 saturated carbocycles. The molecule has 3 heterocycles. The van der Waals surface area contributed by atoms with Crippen molar-refractivity contribution in [2.45, 2.75) is 25.5 Å². The van der Waals surface area contributed by atoms with Crippen LogP contribution in [-0.2, 0) is 11.3 Å². The lowest BCUT2D eigenvalue weighted by Crippen LogP contribution is -2.16. The molecule has 3 aromatic rings. The topological polar surface area (TPSA) is 85.0 Å². The highest BCUT2D eigenvalue weighted by molar-refractivity contribution is 5.81. The molecule has 7 heteroatoms. The zero-order valence-electron chi connectivity index (χ0n) is 13.2. The first-order chi connectivity index (χ1) is 11.9. The highest BCUT2D eigenvalue weighted by Crippen LogP contribution is 2.18. The van der Waals surface area contributed by atoms with Gasteiger partial charge in [0.15, 0.2) is 11.5 Å². The Bertz CT molecular complexity index is 796. The lowest BCUT2D eigenvalue weighted by Gasteiger charge is -2.12. The molecule has 0 unspecified atom stereocenters. The van der Waals surface area contributed by atoms with Gasteiger partial charge in [0.1, 0.15) is 24.2 Å². The Balaban J connectivity index is 1.34. The van der Waals surface area contributed by atoms with E-state index in [4.69, 9.17) is 9.47 Å². The molecule has 1 aliphatic heterocycles. The first-order valence-corrected chi connectivity index (χ1v) is 8.10. The quantitative estimate of drug-likeness (QED) is 0.724. The Hall–Kier alpha value is -2.67. The summed E-state index contributed by atoms with van der Waals surface area (Å²) in [5, 5.41) is 3.30. The van der Waals surface area contributed by atoms with E-state index in [0.717, 1.165) is 42.1 Å². The highest BCUT2D eigenvalue weighted by atomic mass is 16.5. The van der Waals surface area contributed by atoms with Gasteiger partial charge in [0.25, 0.3) is 0 Å². The SMILES string of the molecule is c1nc(NCc2ccc(OC[C@H]3CCCO3)cc2)c2[nH]cnc2n1. The third kappa shape index (κ3) is 3.30. The Kier molecular flexibility index (Phi) is 4.24. The van der Waals surface area contributed by atoms with Crippen LogP contribution in [0.3, 0.4) is 0 Å². The van der Waals surface area contributed by atoms with Crippen LogP contribution < -0.4 is 10.1 Å². The highest BCUT2D eigenvalue weighted by Gasteiger charge is 2.15. The molecule has 0 spiro atoms. The van der Waals surface area contributed by atoms with E-state index in [0.29, 0.717) is 18.8 Å². The largest absolute Gasteiger partial charge is 0.491 e. The molecule has 2 aromatic heterocycles. The van der Waals surface area contributed by atoms with Gasteiger partial charge in [0.05, 0.1) is 12.4 Å². The van der Waals surface area contributed by atoms with E-state index in [2.05, 4.69) is 25.3 Å². The number of H-pyrrole nitrogens is 1. The molecule has 0 bridgehead atoms. The van der Waals surface area contributed by atoms with E-state index in [1.165, 1.54) is 6.33 Å². The normalized spacial score (nSPS) is 17.2. The molecule has 1 aliphatic rings. The summed E-state index contributed by atoms with van der Waals surface area (Å²) in [6.45, 7) is 2.14. The van der Waals surface area contributed by atoms with Crippen molar-refractivity contribution < 1.29 is 9.47 Å². The summed E-state index contributed by atoms with van der Waals surface area (Å²) in [7, 11) is 0. The summed E-state index contributed by atoms with van der Waals surface area (Å²) in [6.07, 6.45) is 5.58. The number of hydrogen-bond donors (Lipinski definition) is 2. The number of ether oxygens (including phenoxy) is 2. The number of hydrogen-bond acceptors (Lipinski definition) is 6. The van der Waals surface area contributed by atoms with Crippen molar-refractivity contribution >= 4 is 17.0 Å². The van der Waals surface area contributed by atoms with Crippen LogP contribution in [0.5, 0.6) is 5.75 Å². The number of anilines is 1. The molecule has 1 fully saturated rings. The smallest absolute Gasteiger partial charge is 0.182 e. The van der Waals surface area contributed by atoms with Gasteiger partial charge in [-0.2, -0.15) is 0 Å². The Morgan fingerprint density at radius 2 is 2.12 bits per heavy atom. The van der Waals surface area contributed by atoms with E-state index >= 15 is 0 Å². The van der Waals surface area contributed by atoms with Crippen molar-refractivity contribution in [3.8, 4) is 5.75 Å². The molecular weight excluding hydrogens is 306 g/mol. The van der Waals surface area contributed by atoms with Gasteiger partial charge in [-0.3, -0.25) is 0 Å². The molecule has 7 nitrogen and oxygen atoms in total. The van der Waals surface area contributed by atoms with E-state index < -0.39 is 0 Å². The van der Waals surface area contributed by atoms with Crippen LogP contribution in [0.2, 0.25) is 0 Å². The van der Waals surface area contributed by atoms with Crippen LogP contribution in [0.15, 0.2) is 36.9 Å². The number of nitrogens with one attached hydrogen (secondary N) is 2. The van der Waals surface area contributed by atoms with Crippen LogP contribution in [0, 0.1) is 0 Å². The number of benzene rings is 1. The summed E-state index contributed by atoms with van der Waals surface area (Å²) in [4.78, 5) is 15.5. The van der Waals surface area contributed by atoms with E-state index in [1.54, 1.807) is 6.33 Å². The number of fused-ring (bicyclic) bond motifs is 1. The Labute approximate surface area is 139 Å². The average Bonchev–Trinajstić information content (AvgIpc) is 3.30. The summed E-state index contributed by atoms with van der Waals surface area (Å²) in [6, 6.07) is 8.06. The molecular formula is C17H19N5O2. The number of imidazole rings is 1. The van der Waals surface area contributed by atoms with Gasteiger partial charge in [0, 0.05) is 13.2 Å². The van der Waals surface area contributed by atoms with Crippen molar-refractivity contribution in [3.63, 3.8) is 0 Å². The van der Waals surface area contributed by atoms with Gasteiger partial charge in [-0.15, -0.1) is 0 Å². The molecule has 0 radical (unpaired) electrons. The van der Waals surface area contributed by atoms with E-state index in [-0.39, 0.29) is 6.10 Å². The molecule has 124 valence electrons. The Morgan fingerprint density at radius 3 is 2.96 bits per heavy atom. The van der Waals surface area contributed by atoms with Crippen LogP contribution >= 0.6 is 0 Å². The molecule has 1 atom stereocenters. The minimum absolute atomic E-state index is 0.237.